The predicted molar refractivity (Wildman–Crippen MR) is 156 cm³/mol. The molecule has 0 aliphatic heterocycles. The Labute approximate surface area is 232 Å². The van der Waals surface area contributed by atoms with Crippen LogP contribution in [0.3, 0.4) is 0 Å². The first kappa shape index (κ1) is 33.8. The number of carboxylic acid groups (broad SMARTS) is 1. The molecular weight excluding hydrogens is 478 g/mol. The molecule has 1 amide bonds. The molecule has 0 fully saturated rings. The van der Waals surface area contributed by atoms with E-state index < -0.39 is 23.7 Å². The maximum absolute atomic E-state index is 11.9. The summed E-state index contributed by atoms with van der Waals surface area (Å²) in [5.74, 6) is -0.318. The minimum Gasteiger partial charge on any atom is -0.494 e. The van der Waals surface area contributed by atoms with E-state index in [0.29, 0.717) is 6.61 Å². The summed E-state index contributed by atoms with van der Waals surface area (Å²) in [4.78, 5) is 23.5. The second-order valence-corrected chi connectivity index (χ2v) is 11.5. The Balaban J connectivity index is 2.06. The van der Waals surface area contributed by atoms with Crippen LogP contribution in [0, 0.1) is 0 Å². The summed E-state index contributed by atoms with van der Waals surface area (Å²) in [6.07, 6.45) is 21.0. The highest BCUT2D eigenvalue weighted by Crippen LogP contribution is 2.16. The van der Waals surface area contributed by atoms with Crippen LogP contribution in [0.2, 0.25) is 0 Å². The molecule has 0 saturated heterocycles. The number of nitrogens with one attached hydrogen (secondary N) is 1. The Morgan fingerprint density at radius 2 is 1.21 bits per heavy atom. The number of benzene rings is 1. The number of hydrogen-bond donors (Lipinski definition) is 2. The Bertz CT molecular complexity index is 741. The van der Waals surface area contributed by atoms with Gasteiger partial charge in [-0.05, 0) is 44.9 Å². The fourth-order valence-corrected chi connectivity index (χ4v) is 4.45. The summed E-state index contributed by atoms with van der Waals surface area (Å²) >= 11 is 0. The summed E-state index contributed by atoms with van der Waals surface area (Å²) in [6, 6.07) is 6.34. The zero-order chi connectivity index (χ0) is 28.1. The first-order valence-electron chi connectivity index (χ1n) is 15.2. The average Bonchev–Trinajstić information content (AvgIpc) is 2.85. The SMILES string of the molecule is CCCCCCCCCCCCCCCCCCOc1ccc(CC(NC(=O)OC(C)(C)C)C(=O)O)cc1. The van der Waals surface area contributed by atoms with Gasteiger partial charge >= 0.3 is 12.1 Å². The number of carbonyl (C=O) groups excluding carboxylic acids is 1. The van der Waals surface area contributed by atoms with Gasteiger partial charge in [0, 0.05) is 6.42 Å². The second kappa shape index (κ2) is 20.7. The van der Waals surface area contributed by atoms with Crippen molar-refractivity contribution in [1.29, 1.82) is 0 Å². The van der Waals surface area contributed by atoms with Crippen molar-refractivity contribution in [2.45, 2.75) is 148 Å². The van der Waals surface area contributed by atoms with Gasteiger partial charge in [0.15, 0.2) is 0 Å². The molecule has 1 atom stereocenters. The summed E-state index contributed by atoms with van der Waals surface area (Å²) in [5.41, 5.74) is 0.127. The minimum absolute atomic E-state index is 0.175. The van der Waals surface area contributed by atoms with Gasteiger partial charge in [0.25, 0.3) is 0 Å². The van der Waals surface area contributed by atoms with Crippen LogP contribution in [0.25, 0.3) is 0 Å². The molecule has 6 nitrogen and oxygen atoms in total. The normalized spacial score (nSPS) is 12.2. The maximum atomic E-state index is 11.9. The molecule has 1 aromatic rings. The van der Waals surface area contributed by atoms with E-state index in [1.807, 2.05) is 24.3 Å². The lowest BCUT2D eigenvalue weighted by molar-refractivity contribution is -0.139. The minimum atomic E-state index is -1.10. The molecule has 2 N–H and O–H groups in total. The monoisotopic (exact) mass is 533 g/mol. The lowest BCUT2D eigenvalue weighted by Crippen LogP contribution is -2.44. The number of ether oxygens (including phenoxy) is 2. The quantitative estimate of drug-likeness (QED) is 0.145. The Kier molecular flexibility index (Phi) is 18.4. The summed E-state index contributed by atoms with van der Waals surface area (Å²) in [5, 5.41) is 11.9. The average molecular weight is 534 g/mol. The molecule has 6 heteroatoms. The smallest absolute Gasteiger partial charge is 0.408 e. The first-order valence-corrected chi connectivity index (χ1v) is 15.2. The molecule has 0 spiro atoms. The van der Waals surface area contributed by atoms with E-state index in [1.54, 1.807) is 20.8 Å². The van der Waals surface area contributed by atoms with E-state index in [0.717, 1.165) is 17.7 Å². The lowest BCUT2D eigenvalue weighted by Gasteiger charge is -2.22. The van der Waals surface area contributed by atoms with E-state index in [2.05, 4.69) is 12.2 Å². The third-order valence-electron chi connectivity index (χ3n) is 6.62. The molecule has 1 aromatic carbocycles. The van der Waals surface area contributed by atoms with Crippen LogP contribution in [-0.2, 0) is 16.0 Å². The molecule has 38 heavy (non-hydrogen) atoms. The Morgan fingerprint density at radius 3 is 1.63 bits per heavy atom. The van der Waals surface area contributed by atoms with Crippen molar-refractivity contribution < 1.29 is 24.2 Å². The third kappa shape index (κ3) is 18.9. The highest BCUT2D eigenvalue weighted by atomic mass is 16.6. The standard InChI is InChI=1S/C32H55NO5/c1-5-6-7-8-9-10-11-12-13-14-15-16-17-18-19-20-25-37-28-23-21-27(22-24-28)26-29(30(34)35)33-31(36)38-32(2,3)4/h21-24,29H,5-20,25-26H2,1-4H3,(H,33,36)(H,34,35). The van der Waals surface area contributed by atoms with Crippen molar-refractivity contribution in [1.82, 2.24) is 5.32 Å². The van der Waals surface area contributed by atoms with Crippen LogP contribution in [0.5, 0.6) is 5.75 Å². The highest BCUT2D eigenvalue weighted by Gasteiger charge is 2.24. The summed E-state index contributed by atoms with van der Waals surface area (Å²) in [7, 11) is 0. The molecule has 1 rings (SSSR count). The number of carbonyl (C=O) groups is 2. The number of rotatable bonds is 22. The lowest BCUT2D eigenvalue weighted by atomic mass is 10.0. The van der Waals surface area contributed by atoms with Crippen molar-refractivity contribution in [3.63, 3.8) is 0 Å². The van der Waals surface area contributed by atoms with Gasteiger partial charge in [-0.15, -0.1) is 0 Å². The molecular formula is C32H55NO5. The van der Waals surface area contributed by atoms with Gasteiger partial charge in [0.2, 0.25) is 0 Å². The van der Waals surface area contributed by atoms with E-state index in [4.69, 9.17) is 9.47 Å². The molecule has 0 saturated carbocycles. The van der Waals surface area contributed by atoms with Crippen LogP contribution in [-0.4, -0.2) is 35.4 Å². The van der Waals surface area contributed by atoms with Crippen molar-refractivity contribution in [2.24, 2.45) is 0 Å². The molecule has 218 valence electrons. The Morgan fingerprint density at radius 1 is 0.763 bits per heavy atom. The van der Waals surface area contributed by atoms with Gasteiger partial charge in [0.05, 0.1) is 6.61 Å². The van der Waals surface area contributed by atoms with Crippen LogP contribution >= 0.6 is 0 Å². The first-order chi connectivity index (χ1) is 18.2. The number of carboxylic acids is 1. The molecule has 0 aliphatic rings. The van der Waals surface area contributed by atoms with Crippen LogP contribution in [0.4, 0.5) is 4.79 Å². The van der Waals surface area contributed by atoms with E-state index >= 15 is 0 Å². The van der Waals surface area contributed by atoms with Gasteiger partial charge < -0.3 is 19.9 Å². The number of alkyl carbamates (subject to hydrolysis) is 1. The number of unbranched alkanes of at least 4 members (excludes halogenated alkanes) is 15. The van der Waals surface area contributed by atoms with Gasteiger partial charge in [-0.1, -0.05) is 115 Å². The van der Waals surface area contributed by atoms with E-state index in [-0.39, 0.29) is 6.42 Å². The number of amides is 1. The van der Waals surface area contributed by atoms with Gasteiger partial charge in [0.1, 0.15) is 17.4 Å². The Hall–Kier alpha value is -2.24. The largest absolute Gasteiger partial charge is 0.494 e. The molecule has 0 heterocycles. The molecule has 0 radical (unpaired) electrons. The molecule has 0 aliphatic carbocycles. The maximum Gasteiger partial charge on any atom is 0.408 e. The van der Waals surface area contributed by atoms with Crippen molar-refractivity contribution in [2.75, 3.05) is 6.61 Å². The molecule has 0 aromatic heterocycles. The van der Waals surface area contributed by atoms with Crippen molar-refractivity contribution in [3.05, 3.63) is 29.8 Å². The van der Waals surface area contributed by atoms with Crippen LogP contribution < -0.4 is 10.1 Å². The highest BCUT2D eigenvalue weighted by molar-refractivity contribution is 5.80. The topological polar surface area (TPSA) is 84.9 Å². The fourth-order valence-electron chi connectivity index (χ4n) is 4.45. The van der Waals surface area contributed by atoms with Crippen molar-refractivity contribution >= 4 is 12.1 Å². The summed E-state index contributed by atoms with van der Waals surface area (Å²) < 4.78 is 11.0. The second-order valence-electron chi connectivity index (χ2n) is 11.5. The number of hydrogen-bond acceptors (Lipinski definition) is 4. The number of aliphatic carboxylic acids is 1. The van der Waals surface area contributed by atoms with Gasteiger partial charge in [-0.2, -0.15) is 0 Å². The van der Waals surface area contributed by atoms with Crippen LogP contribution in [0.1, 0.15) is 136 Å². The zero-order valence-electron chi connectivity index (χ0n) is 24.7. The van der Waals surface area contributed by atoms with E-state index in [1.165, 1.54) is 96.3 Å². The van der Waals surface area contributed by atoms with Gasteiger partial charge in [-0.25, -0.2) is 9.59 Å². The molecule has 1 unspecified atom stereocenters. The molecule has 0 bridgehead atoms. The van der Waals surface area contributed by atoms with Crippen molar-refractivity contribution in [3.8, 4) is 5.75 Å². The van der Waals surface area contributed by atoms with Crippen LogP contribution in [0.15, 0.2) is 24.3 Å². The zero-order valence-corrected chi connectivity index (χ0v) is 24.7. The fraction of sp³-hybridized carbons (Fsp3) is 0.750. The predicted octanol–water partition coefficient (Wildman–Crippen LogP) is 8.85. The third-order valence-corrected chi connectivity index (χ3v) is 6.62. The summed E-state index contributed by atoms with van der Waals surface area (Å²) in [6.45, 7) is 8.18. The van der Waals surface area contributed by atoms with Gasteiger partial charge in [-0.3, -0.25) is 0 Å². The van der Waals surface area contributed by atoms with E-state index in [9.17, 15) is 14.7 Å².